The van der Waals surface area contributed by atoms with Gasteiger partial charge in [0.2, 0.25) is 0 Å². The number of hydrogen-bond acceptors (Lipinski definition) is 5. The fourth-order valence-corrected chi connectivity index (χ4v) is 3.76. The molecule has 2 atom stereocenters. The third-order valence-corrected chi connectivity index (χ3v) is 4.65. The molecule has 2 unspecified atom stereocenters. The van der Waals surface area contributed by atoms with Crippen molar-refractivity contribution in [3.05, 3.63) is 46.7 Å². The van der Waals surface area contributed by atoms with Crippen LogP contribution in [0.1, 0.15) is 30.5 Å². The molecule has 21 heavy (non-hydrogen) atoms. The molecular formula is C16H16N2O3. The lowest BCUT2D eigenvalue weighted by Crippen LogP contribution is -2.42. The van der Waals surface area contributed by atoms with E-state index in [4.69, 9.17) is 4.74 Å². The van der Waals surface area contributed by atoms with Crippen LogP contribution in [0.3, 0.4) is 0 Å². The van der Waals surface area contributed by atoms with Crippen LogP contribution in [-0.4, -0.2) is 34.4 Å². The summed E-state index contributed by atoms with van der Waals surface area (Å²) in [6, 6.07) is 8.47. The molecule has 0 fully saturated rings. The Hall–Kier alpha value is -2.30. The van der Waals surface area contributed by atoms with Gasteiger partial charge >= 0.3 is 5.97 Å². The van der Waals surface area contributed by atoms with Gasteiger partial charge in [-0.1, -0.05) is 29.4 Å². The first-order valence-electron chi connectivity index (χ1n) is 7.21. The molecule has 1 N–H and O–H groups in total. The Balaban J connectivity index is 1.88. The van der Waals surface area contributed by atoms with Gasteiger partial charge in [0, 0.05) is 13.0 Å². The number of carbonyl (C=O) groups excluding carboxylic acids is 1. The van der Waals surface area contributed by atoms with Gasteiger partial charge in [-0.15, -0.1) is 0 Å². The van der Waals surface area contributed by atoms with Gasteiger partial charge in [0.05, 0.1) is 17.5 Å². The van der Waals surface area contributed by atoms with Gasteiger partial charge in [-0.2, -0.15) is 0 Å². The average molecular weight is 284 g/mol. The smallest absolute Gasteiger partial charge is 0.342 e. The lowest BCUT2D eigenvalue weighted by atomic mass is 9.84. The summed E-state index contributed by atoms with van der Waals surface area (Å²) >= 11 is 0. The van der Waals surface area contributed by atoms with Crippen LogP contribution in [-0.2, 0) is 16.0 Å². The van der Waals surface area contributed by atoms with Gasteiger partial charge in [0.25, 0.3) is 0 Å². The number of nitrogens with zero attached hydrogens (tertiary/aromatic N) is 2. The van der Waals surface area contributed by atoms with Crippen molar-refractivity contribution >= 4 is 11.7 Å². The third kappa shape index (κ3) is 1.63. The van der Waals surface area contributed by atoms with E-state index in [1.165, 1.54) is 11.1 Å². The molecule has 0 aliphatic carbocycles. The highest BCUT2D eigenvalue weighted by atomic mass is 16.5. The van der Waals surface area contributed by atoms with Crippen LogP contribution < -0.4 is 0 Å². The minimum absolute atomic E-state index is 0.122. The van der Waals surface area contributed by atoms with Crippen LogP contribution >= 0.6 is 0 Å². The second-order valence-corrected chi connectivity index (χ2v) is 5.72. The molecule has 0 radical (unpaired) electrons. The van der Waals surface area contributed by atoms with Crippen LogP contribution in [0.15, 0.2) is 40.7 Å². The van der Waals surface area contributed by atoms with Gasteiger partial charge in [-0.25, -0.2) is 4.79 Å². The summed E-state index contributed by atoms with van der Waals surface area (Å²) in [6.07, 6.45) is 1.21. The van der Waals surface area contributed by atoms with Crippen LogP contribution in [0.5, 0.6) is 0 Å². The zero-order valence-corrected chi connectivity index (χ0v) is 11.7. The van der Waals surface area contributed by atoms with E-state index in [1.807, 2.05) is 19.1 Å². The Morgan fingerprint density at radius 1 is 1.38 bits per heavy atom. The Morgan fingerprint density at radius 3 is 3.00 bits per heavy atom. The van der Waals surface area contributed by atoms with E-state index in [2.05, 4.69) is 22.2 Å². The van der Waals surface area contributed by atoms with Crippen molar-refractivity contribution in [1.29, 1.82) is 0 Å². The highest BCUT2D eigenvalue weighted by molar-refractivity contribution is 6.22. The van der Waals surface area contributed by atoms with E-state index >= 15 is 0 Å². The lowest BCUT2D eigenvalue weighted by Gasteiger charge is -2.43. The zero-order chi connectivity index (χ0) is 14.6. The SMILES string of the molecule is CC1OC(=O)C2=C1N1CCc3ccccc3C1CC2=NO. The van der Waals surface area contributed by atoms with Gasteiger partial charge in [0.15, 0.2) is 0 Å². The second kappa shape index (κ2) is 4.35. The third-order valence-electron chi connectivity index (χ3n) is 4.65. The molecule has 0 aromatic heterocycles. The van der Waals surface area contributed by atoms with Gasteiger partial charge in [0.1, 0.15) is 11.7 Å². The normalized spacial score (nSPS) is 29.1. The molecule has 4 rings (SSSR count). The zero-order valence-electron chi connectivity index (χ0n) is 11.7. The molecule has 1 aromatic carbocycles. The maximum Gasteiger partial charge on any atom is 0.342 e. The predicted octanol–water partition coefficient (Wildman–Crippen LogP) is 2.02. The minimum atomic E-state index is -0.373. The van der Waals surface area contributed by atoms with Crippen LogP contribution in [0.25, 0.3) is 0 Å². The molecule has 0 bridgehead atoms. The Morgan fingerprint density at radius 2 is 2.19 bits per heavy atom. The standard InChI is InChI=1S/C16H16N2O3/c1-9-15-14(16(19)21-9)12(17-20)8-13-11-5-3-2-4-10(11)6-7-18(13)15/h2-5,9,13,20H,6-8H2,1H3. The van der Waals surface area contributed by atoms with Crippen LogP contribution in [0.2, 0.25) is 0 Å². The number of cyclic esters (lactones) is 1. The molecule has 3 heterocycles. The number of esters is 1. The molecule has 5 heteroatoms. The molecule has 3 aliphatic heterocycles. The second-order valence-electron chi connectivity index (χ2n) is 5.72. The maximum absolute atomic E-state index is 12.0. The van der Waals surface area contributed by atoms with Crippen molar-refractivity contribution in [2.24, 2.45) is 5.16 Å². The fourth-order valence-electron chi connectivity index (χ4n) is 3.76. The summed E-state index contributed by atoms with van der Waals surface area (Å²) in [7, 11) is 0. The Kier molecular flexibility index (Phi) is 2.58. The predicted molar refractivity (Wildman–Crippen MR) is 76.0 cm³/mol. The minimum Gasteiger partial charge on any atom is -0.453 e. The highest BCUT2D eigenvalue weighted by Gasteiger charge is 2.45. The molecule has 108 valence electrons. The van der Waals surface area contributed by atoms with E-state index in [0.29, 0.717) is 17.7 Å². The number of carbonyl (C=O) groups is 1. The fraction of sp³-hybridized carbons (Fsp3) is 0.375. The van der Waals surface area contributed by atoms with Crippen molar-refractivity contribution in [2.45, 2.75) is 31.9 Å². The van der Waals surface area contributed by atoms with Crippen LogP contribution in [0, 0.1) is 0 Å². The summed E-state index contributed by atoms with van der Waals surface area (Å²) in [6.45, 7) is 2.73. The molecule has 1 aromatic rings. The van der Waals surface area contributed by atoms with E-state index < -0.39 is 0 Å². The van der Waals surface area contributed by atoms with Crippen molar-refractivity contribution in [3.8, 4) is 0 Å². The lowest BCUT2D eigenvalue weighted by molar-refractivity contribution is -0.138. The number of ether oxygens (including phenoxy) is 1. The molecule has 0 amide bonds. The topological polar surface area (TPSA) is 62.1 Å². The van der Waals surface area contributed by atoms with E-state index in [-0.39, 0.29) is 18.1 Å². The monoisotopic (exact) mass is 284 g/mol. The van der Waals surface area contributed by atoms with E-state index in [0.717, 1.165) is 18.7 Å². The summed E-state index contributed by atoms with van der Waals surface area (Å²) < 4.78 is 5.33. The van der Waals surface area contributed by atoms with E-state index in [9.17, 15) is 10.0 Å². The first kappa shape index (κ1) is 12.4. The Bertz CT molecular complexity index is 693. The highest BCUT2D eigenvalue weighted by Crippen LogP contribution is 2.43. The number of hydrogen-bond donors (Lipinski definition) is 1. The number of rotatable bonds is 0. The van der Waals surface area contributed by atoms with Gasteiger partial charge < -0.3 is 14.8 Å². The van der Waals surface area contributed by atoms with Gasteiger partial charge in [-0.05, 0) is 24.5 Å². The van der Waals surface area contributed by atoms with Crippen molar-refractivity contribution in [2.75, 3.05) is 6.54 Å². The number of oxime groups is 1. The molecular weight excluding hydrogens is 268 g/mol. The average Bonchev–Trinajstić information content (AvgIpc) is 2.81. The molecule has 5 nitrogen and oxygen atoms in total. The summed E-state index contributed by atoms with van der Waals surface area (Å²) in [5.41, 5.74) is 4.36. The van der Waals surface area contributed by atoms with Gasteiger partial charge in [-0.3, -0.25) is 0 Å². The summed E-state index contributed by atoms with van der Waals surface area (Å²) in [5, 5.41) is 12.7. The Labute approximate surface area is 122 Å². The molecule has 0 saturated carbocycles. The van der Waals surface area contributed by atoms with Crippen molar-refractivity contribution in [3.63, 3.8) is 0 Å². The number of benzene rings is 1. The molecule has 0 saturated heterocycles. The first-order chi connectivity index (χ1) is 10.2. The van der Waals surface area contributed by atoms with Crippen LogP contribution in [0.4, 0.5) is 0 Å². The largest absolute Gasteiger partial charge is 0.453 e. The maximum atomic E-state index is 12.0. The quantitative estimate of drug-likeness (QED) is 0.450. The summed E-state index contributed by atoms with van der Waals surface area (Å²) in [4.78, 5) is 14.3. The molecule has 3 aliphatic rings. The summed E-state index contributed by atoms with van der Waals surface area (Å²) in [5.74, 6) is -0.373. The van der Waals surface area contributed by atoms with E-state index in [1.54, 1.807) is 0 Å². The van der Waals surface area contributed by atoms with Crippen molar-refractivity contribution < 1.29 is 14.7 Å². The first-order valence-corrected chi connectivity index (χ1v) is 7.21. The van der Waals surface area contributed by atoms with Crippen molar-refractivity contribution in [1.82, 2.24) is 4.90 Å². The number of fused-ring (bicyclic) bond motifs is 4. The molecule has 0 spiro atoms.